The molecule has 4 aromatic rings. The highest BCUT2D eigenvalue weighted by molar-refractivity contribution is 5.99. The average Bonchev–Trinajstić information content (AvgIpc) is 3.79. The number of piperidine rings is 2. The molecule has 2 aromatic heterocycles. The molecule has 16 nitrogen and oxygen atoms in total. The Bertz CT molecular complexity index is 2410. The van der Waals surface area contributed by atoms with Gasteiger partial charge in [0, 0.05) is 96.2 Å². The lowest BCUT2D eigenvalue weighted by molar-refractivity contribution is -0.137. The summed E-state index contributed by atoms with van der Waals surface area (Å²) in [5.41, 5.74) is 0.985. The first kappa shape index (κ1) is 43.4. The predicted octanol–water partition coefficient (Wildman–Crippen LogP) is 3.00. The summed E-state index contributed by atoms with van der Waals surface area (Å²) in [6.45, 7) is 8.51. The minimum Gasteiger partial charge on any atom is -0.445 e. The van der Waals surface area contributed by atoms with Crippen molar-refractivity contribution in [1.82, 2.24) is 34.7 Å². The fourth-order valence-corrected chi connectivity index (χ4v) is 8.94. The van der Waals surface area contributed by atoms with Crippen molar-refractivity contribution in [2.75, 3.05) is 83.4 Å². The first-order valence-electron chi connectivity index (χ1n) is 21.8. The van der Waals surface area contributed by atoms with Crippen LogP contribution in [0.2, 0.25) is 0 Å². The van der Waals surface area contributed by atoms with E-state index in [1.807, 2.05) is 17.0 Å². The Morgan fingerprint density at radius 1 is 0.794 bits per heavy atom. The highest BCUT2D eigenvalue weighted by atomic mass is 19.1. The van der Waals surface area contributed by atoms with Crippen molar-refractivity contribution in [3.05, 3.63) is 106 Å². The number of rotatable bonds is 12. The van der Waals surface area contributed by atoms with Crippen LogP contribution in [-0.2, 0) is 36.8 Å². The van der Waals surface area contributed by atoms with Crippen molar-refractivity contribution < 1.29 is 37.5 Å². The van der Waals surface area contributed by atoms with Gasteiger partial charge in [0.05, 0.1) is 35.4 Å². The molecule has 1 N–H and O–H groups in total. The second kappa shape index (κ2) is 19.5. The van der Waals surface area contributed by atoms with Crippen molar-refractivity contribution in [1.29, 1.82) is 0 Å². The molecule has 63 heavy (non-hydrogen) atoms. The molecule has 8 rings (SSSR count). The number of carbonyl (C=O) groups is 5. The Balaban J connectivity index is 0.718. The van der Waals surface area contributed by atoms with E-state index in [0.717, 1.165) is 38.8 Å². The Kier molecular flexibility index (Phi) is 13.4. The number of benzene rings is 2. The number of amides is 5. The lowest BCUT2D eigenvalue weighted by Crippen LogP contribution is -2.53. The van der Waals surface area contributed by atoms with Gasteiger partial charge in [-0.25, -0.2) is 9.49 Å². The van der Waals surface area contributed by atoms with E-state index in [9.17, 15) is 28.8 Å². The van der Waals surface area contributed by atoms with Crippen LogP contribution in [0.15, 0.2) is 76.5 Å². The van der Waals surface area contributed by atoms with Gasteiger partial charge in [-0.2, -0.15) is 5.10 Å². The van der Waals surface area contributed by atoms with Gasteiger partial charge in [-0.05, 0) is 61.6 Å². The van der Waals surface area contributed by atoms with Gasteiger partial charge in [0.2, 0.25) is 29.5 Å². The maximum absolute atomic E-state index is 15.0. The number of furan rings is 1. The molecular weight excluding hydrogens is 812 g/mol. The van der Waals surface area contributed by atoms with Gasteiger partial charge in [0.25, 0.3) is 11.5 Å². The zero-order chi connectivity index (χ0) is 44.0. The first-order chi connectivity index (χ1) is 30.5. The number of halogens is 1. The number of ether oxygens (including phenoxy) is 1. The van der Waals surface area contributed by atoms with E-state index in [0.29, 0.717) is 105 Å². The summed E-state index contributed by atoms with van der Waals surface area (Å²) in [5, 5.41) is 7.95. The summed E-state index contributed by atoms with van der Waals surface area (Å²) in [5.74, 6) is -0.444. The van der Waals surface area contributed by atoms with Gasteiger partial charge in [0.1, 0.15) is 18.1 Å². The quantitative estimate of drug-likeness (QED) is 0.209. The van der Waals surface area contributed by atoms with Crippen LogP contribution in [0.3, 0.4) is 0 Å². The number of piperazine rings is 2. The summed E-state index contributed by atoms with van der Waals surface area (Å²) in [6, 6.07) is 15.1. The number of aryl methyl sites for hydroxylation is 1. The number of anilines is 1. The molecule has 6 heterocycles. The largest absolute Gasteiger partial charge is 0.445 e. The molecule has 4 fully saturated rings. The fraction of sp³-hybridized carbons (Fsp3) is 0.457. The summed E-state index contributed by atoms with van der Waals surface area (Å²) >= 11 is 0. The highest BCUT2D eigenvalue weighted by Crippen LogP contribution is 2.25. The molecule has 0 atom stereocenters. The second-order valence-corrected chi connectivity index (χ2v) is 16.6. The molecule has 0 bridgehead atoms. The van der Waals surface area contributed by atoms with Crippen molar-refractivity contribution in [3.8, 4) is 0 Å². The van der Waals surface area contributed by atoms with Crippen molar-refractivity contribution in [2.24, 2.45) is 0 Å². The predicted molar refractivity (Wildman–Crippen MR) is 230 cm³/mol. The van der Waals surface area contributed by atoms with Crippen LogP contribution in [0.5, 0.6) is 0 Å². The standard InChI is InChI=1S/C46H53FN8O8/c1-2-40(56)54-25-26-55(43(59)30-54)44-12-9-32(63-44)8-11-41(57)51-19-15-34(16-20-51)62-33-13-17-50(18-14-33)29-42(58)52-21-23-53(24-22-52)46(61)37-27-31(7-10-38(37)47)28-39-35-5-3-4-6-36(35)45(60)49-48-39/h2-7,9-10,12,27,33-34H,1,8,11,13-26,28-30H2,(H,49,60). The van der Waals surface area contributed by atoms with E-state index in [-0.39, 0.29) is 60.0 Å². The molecule has 4 saturated heterocycles. The number of aromatic amines is 1. The van der Waals surface area contributed by atoms with E-state index >= 15 is 4.39 Å². The molecule has 4 aliphatic heterocycles. The van der Waals surface area contributed by atoms with Crippen LogP contribution in [0.25, 0.3) is 10.8 Å². The molecule has 17 heteroatoms. The molecule has 0 unspecified atom stereocenters. The van der Waals surface area contributed by atoms with Crippen LogP contribution in [0.1, 0.15) is 59.5 Å². The molecule has 0 spiro atoms. The summed E-state index contributed by atoms with van der Waals surface area (Å²) in [6.07, 6.45) is 5.53. The Hall–Kier alpha value is -6.20. The molecule has 332 valence electrons. The third-order valence-electron chi connectivity index (χ3n) is 12.6. The lowest BCUT2D eigenvalue weighted by Gasteiger charge is -2.38. The van der Waals surface area contributed by atoms with E-state index < -0.39 is 11.7 Å². The number of aromatic nitrogens is 2. The topological polar surface area (TPSA) is 173 Å². The third-order valence-corrected chi connectivity index (χ3v) is 12.6. The molecule has 2 aromatic carbocycles. The number of nitrogens with one attached hydrogen (secondary N) is 1. The minimum atomic E-state index is -0.615. The third kappa shape index (κ3) is 10.2. The summed E-state index contributed by atoms with van der Waals surface area (Å²) < 4.78 is 27.4. The normalized spacial score (nSPS) is 18.3. The van der Waals surface area contributed by atoms with Gasteiger partial charge in [0.15, 0.2) is 0 Å². The summed E-state index contributed by atoms with van der Waals surface area (Å²) in [7, 11) is 0. The van der Waals surface area contributed by atoms with E-state index in [1.165, 1.54) is 21.9 Å². The second-order valence-electron chi connectivity index (χ2n) is 16.6. The molecule has 5 amide bonds. The van der Waals surface area contributed by atoms with E-state index in [1.54, 1.807) is 46.2 Å². The van der Waals surface area contributed by atoms with Gasteiger partial charge < -0.3 is 28.8 Å². The van der Waals surface area contributed by atoms with Crippen molar-refractivity contribution in [2.45, 2.75) is 57.2 Å². The zero-order valence-corrected chi connectivity index (χ0v) is 35.3. The van der Waals surface area contributed by atoms with E-state index in [4.69, 9.17) is 9.15 Å². The molecule has 4 aliphatic rings. The maximum Gasteiger partial charge on any atom is 0.272 e. The van der Waals surface area contributed by atoms with Crippen molar-refractivity contribution >= 4 is 46.2 Å². The van der Waals surface area contributed by atoms with Gasteiger partial charge in [-0.15, -0.1) is 0 Å². The number of H-pyrrole nitrogens is 1. The SMILES string of the molecule is C=CC(=O)N1CCN(c2ccc(CCC(=O)N3CCC(OC4CCN(CC(=O)N5CCN(C(=O)c6cc(Cc7n[nH]c(=O)c8ccccc78)ccc6F)CC5)CC4)CC3)o2)C(=O)C1. The highest BCUT2D eigenvalue weighted by Gasteiger charge is 2.32. The molecule has 0 radical (unpaired) electrons. The van der Waals surface area contributed by atoms with Crippen LogP contribution < -0.4 is 10.5 Å². The van der Waals surface area contributed by atoms with Gasteiger partial charge in [-0.1, -0.05) is 30.8 Å². The average molecular weight is 865 g/mol. The number of fused-ring (bicyclic) bond motifs is 1. The fourth-order valence-electron chi connectivity index (χ4n) is 8.94. The zero-order valence-electron chi connectivity index (χ0n) is 35.3. The molecule has 0 saturated carbocycles. The smallest absolute Gasteiger partial charge is 0.272 e. The van der Waals surface area contributed by atoms with Crippen LogP contribution in [-0.4, -0.2) is 155 Å². The van der Waals surface area contributed by atoms with E-state index in [2.05, 4.69) is 21.7 Å². The Morgan fingerprint density at radius 3 is 2.17 bits per heavy atom. The van der Waals surface area contributed by atoms with Gasteiger partial charge in [-0.3, -0.25) is 38.6 Å². The Morgan fingerprint density at radius 2 is 1.46 bits per heavy atom. The first-order valence-corrected chi connectivity index (χ1v) is 21.8. The van der Waals surface area contributed by atoms with Crippen molar-refractivity contribution in [3.63, 3.8) is 0 Å². The molecular formula is C46H53FN8O8. The number of nitrogens with zero attached hydrogens (tertiary/aromatic N) is 7. The molecule has 0 aliphatic carbocycles. The van der Waals surface area contributed by atoms with Crippen LogP contribution in [0, 0.1) is 5.82 Å². The monoisotopic (exact) mass is 864 g/mol. The lowest BCUT2D eigenvalue weighted by atomic mass is 10.0. The Labute approximate surface area is 364 Å². The number of hydrogen-bond donors (Lipinski definition) is 1. The number of carbonyl (C=O) groups excluding carboxylic acids is 5. The summed E-state index contributed by atoms with van der Waals surface area (Å²) in [4.78, 5) is 87.0. The van der Waals surface area contributed by atoms with Crippen LogP contribution in [0.4, 0.5) is 10.3 Å². The minimum absolute atomic E-state index is 0.00612. The van der Waals surface area contributed by atoms with Gasteiger partial charge >= 0.3 is 0 Å². The number of likely N-dealkylation sites (tertiary alicyclic amines) is 2. The number of hydrogen-bond acceptors (Lipinski definition) is 10. The maximum atomic E-state index is 15.0. The van der Waals surface area contributed by atoms with Crippen LogP contribution >= 0.6 is 0 Å².